The van der Waals surface area contributed by atoms with E-state index in [0.29, 0.717) is 16.7 Å². The number of fused-ring (bicyclic) bond motifs is 1. The highest BCUT2D eigenvalue weighted by Gasteiger charge is 2.53. The summed E-state index contributed by atoms with van der Waals surface area (Å²) < 4.78 is 11.0. The Morgan fingerprint density at radius 1 is 1.00 bits per heavy atom. The predicted molar refractivity (Wildman–Crippen MR) is 114 cm³/mol. The van der Waals surface area contributed by atoms with Crippen molar-refractivity contribution in [2.24, 2.45) is 28.6 Å². The molecule has 0 bridgehead atoms. The lowest BCUT2D eigenvalue weighted by Gasteiger charge is -2.59. The van der Waals surface area contributed by atoms with Crippen molar-refractivity contribution in [1.82, 2.24) is 0 Å². The minimum atomic E-state index is 0.483. The third-order valence-electron chi connectivity index (χ3n) is 8.27. The van der Waals surface area contributed by atoms with Crippen molar-refractivity contribution in [3.05, 3.63) is 23.8 Å². The molecule has 3 rings (SSSR count). The Hall–Kier alpha value is -1.18. The molecule has 2 heteroatoms. The summed E-state index contributed by atoms with van der Waals surface area (Å²) in [5, 5.41) is 0. The first kappa shape index (κ1) is 20.6. The van der Waals surface area contributed by atoms with Gasteiger partial charge in [0.2, 0.25) is 0 Å². The summed E-state index contributed by atoms with van der Waals surface area (Å²) in [7, 11) is 3.48. The lowest BCUT2D eigenvalue weighted by Crippen LogP contribution is -2.51. The first-order valence-electron chi connectivity index (χ1n) is 10.9. The summed E-state index contributed by atoms with van der Waals surface area (Å²) in [5.74, 6) is 4.79. The Kier molecular flexibility index (Phi) is 5.85. The molecule has 0 aromatic heterocycles. The minimum Gasteiger partial charge on any atom is -0.497 e. The van der Waals surface area contributed by atoms with Crippen LogP contribution in [0.25, 0.3) is 0 Å². The van der Waals surface area contributed by atoms with E-state index in [9.17, 15) is 0 Å². The van der Waals surface area contributed by atoms with Crippen LogP contribution in [0.15, 0.2) is 18.2 Å². The quantitative estimate of drug-likeness (QED) is 0.550. The lowest BCUT2D eigenvalue weighted by atomic mass is 9.46. The lowest BCUT2D eigenvalue weighted by molar-refractivity contribution is -0.0974. The van der Waals surface area contributed by atoms with Gasteiger partial charge in [0, 0.05) is 6.07 Å². The number of rotatable bonds is 5. The third kappa shape index (κ3) is 3.87. The average molecular weight is 373 g/mol. The number of hydrogen-bond donors (Lipinski definition) is 0. The van der Waals surface area contributed by atoms with Crippen LogP contribution in [0, 0.1) is 28.6 Å². The summed E-state index contributed by atoms with van der Waals surface area (Å²) in [6.07, 6.45) is 8.28. The number of ether oxygens (including phenoxy) is 2. The molecule has 27 heavy (non-hydrogen) atoms. The standard InChI is InChI=1S/C25H40O2/c1-17-9-10-23-24(3,4)11-8-12-25(23,5)22(17)13-18(2)19-14-20(26-6)16-21(15-19)27-7/h14-18,22-23H,8-13H2,1-7H3/t17-,18?,22-,23-,25+/m0/s1. The molecule has 1 aromatic carbocycles. The van der Waals surface area contributed by atoms with Crippen LogP contribution in [0.3, 0.4) is 0 Å². The Morgan fingerprint density at radius 2 is 1.63 bits per heavy atom. The summed E-state index contributed by atoms with van der Waals surface area (Å²) in [6, 6.07) is 6.37. The second-order valence-electron chi connectivity index (χ2n) is 10.3. The van der Waals surface area contributed by atoms with Crippen LogP contribution in [0.1, 0.15) is 84.6 Å². The van der Waals surface area contributed by atoms with Crippen LogP contribution in [-0.2, 0) is 0 Å². The summed E-state index contributed by atoms with van der Waals surface area (Å²) in [6.45, 7) is 12.6. The molecule has 0 radical (unpaired) electrons. The van der Waals surface area contributed by atoms with E-state index < -0.39 is 0 Å². The highest BCUT2D eigenvalue weighted by Crippen LogP contribution is 2.62. The van der Waals surface area contributed by atoms with Crippen molar-refractivity contribution >= 4 is 0 Å². The van der Waals surface area contributed by atoms with Crippen molar-refractivity contribution in [2.45, 2.75) is 79.1 Å². The molecule has 2 fully saturated rings. The van der Waals surface area contributed by atoms with Gasteiger partial charge in [-0.25, -0.2) is 0 Å². The van der Waals surface area contributed by atoms with Gasteiger partial charge in [-0.05, 0) is 77.9 Å². The molecule has 0 N–H and O–H groups in total. The van der Waals surface area contributed by atoms with Crippen LogP contribution >= 0.6 is 0 Å². The van der Waals surface area contributed by atoms with Crippen LogP contribution in [0.4, 0.5) is 0 Å². The Labute approximate surface area is 167 Å². The van der Waals surface area contributed by atoms with Crippen molar-refractivity contribution in [2.75, 3.05) is 14.2 Å². The van der Waals surface area contributed by atoms with Crippen LogP contribution in [0.2, 0.25) is 0 Å². The Morgan fingerprint density at radius 3 is 2.22 bits per heavy atom. The van der Waals surface area contributed by atoms with Gasteiger partial charge in [0.25, 0.3) is 0 Å². The molecule has 0 saturated heterocycles. The molecule has 2 aliphatic carbocycles. The van der Waals surface area contributed by atoms with E-state index in [1.807, 2.05) is 6.07 Å². The molecule has 1 unspecified atom stereocenters. The molecule has 2 nitrogen and oxygen atoms in total. The van der Waals surface area contributed by atoms with Gasteiger partial charge in [0.15, 0.2) is 0 Å². The largest absolute Gasteiger partial charge is 0.497 e. The molecule has 2 aliphatic rings. The molecule has 0 amide bonds. The van der Waals surface area contributed by atoms with Crippen molar-refractivity contribution in [3.8, 4) is 11.5 Å². The molecule has 2 saturated carbocycles. The highest BCUT2D eigenvalue weighted by atomic mass is 16.5. The topological polar surface area (TPSA) is 18.5 Å². The number of hydrogen-bond acceptors (Lipinski definition) is 2. The van der Waals surface area contributed by atoms with Gasteiger partial charge >= 0.3 is 0 Å². The maximum atomic E-state index is 5.51. The SMILES string of the molecule is COc1cc(OC)cc(C(C)C[C@H]2[C@@H](C)CC[C@H]3C(C)(C)CCC[C@]23C)c1. The van der Waals surface area contributed by atoms with Crippen LogP contribution in [0.5, 0.6) is 11.5 Å². The van der Waals surface area contributed by atoms with E-state index >= 15 is 0 Å². The second kappa shape index (κ2) is 7.68. The van der Waals surface area contributed by atoms with E-state index in [0.717, 1.165) is 29.3 Å². The zero-order valence-electron chi connectivity index (χ0n) is 18.6. The fraction of sp³-hybridized carbons (Fsp3) is 0.760. The molecule has 1 aromatic rings. The van der Waals surface area contributed by atoms with E-state index in [4.69, 9.17) is 9.47 Å². The summed E-state index contributed by atoms with van der Waals surface area (Å²) >= 11 is 0. The van der Waals surface area contributed by atoms with E-state index in [2.05, 4.69) is 46.8 Å². The molecule has 0 spiro atoms. The maximum Gasteiger partial charge on any atom is 0.122 e. The predicted octanol–water partition coefficient (Wildman–Crippen LogP) is 7.08. The summed E-state index contributed by atoms with van der Waals surface area (Å²) in [5.41, 5.74) is 2.32. The zero-order valence-corrected chi connectivity index (χ0v) is 18.6. The molecular formula is C25H40O2. The zero-order chi connectivity index (χ0) is 19.8. The summed E-state index contributed by atoms with van der Waals surface area (Å²) in [4.78, 5) is 0. The van der Waals surface area contributed by atoms with Crippen molar-refractivity contribution in [1.29, 1.82) is 0 Å². The number of methoxy groups -OCH3 is 2. The van der Waals surface area contributed by atoms with Gasteiger partial charge in [0.05, 0.1) is 14.2 Å². The van der Waals surface area contributed by atoms with Crippen LogP contribution < -0.4 is 9.47 Å². The third-order valence-corrected chi connectivity index (χ3v) is 8.27. The van der Waals surface area contributed by atoms with Gasteiger partial charge in [-0.1, -0.05) is 47.5 Å². The van der Waals surface area contributed by atoms with Crippen LogP contribution in [-0.4, -0.2) is 14.2 Å². The van der Waals surface area contributed by atoms with Crippen molar-refractivity contribution < 1.29 is 9.47 Å². The first-order chi connectivity index (χ1) is 12.7. The monoisotopic (exact) mass is 372 g/mol. The van der Waals surface area contributed by atoms with E-state index in [1.165, 1.54) is 44.1 Å². The van der Waals surface area contributed by atoms with Gasteiger partial charge < -0.3 is 9.47 Å². The van der Waals surface area contributed by atoms with Gasteiger partial charge in [-0.3, -0.25) is 0 Å². The Bertz CT molecular complexity index is 627. The fourth-order valence-corrected chi connectivity index (χ4v) is 6.74. The van der Waals surface area contributed by atoms with Gasteiger partial charge in [-0.2, -0.15) is 0 Å². The highest BCUT2D eigenvalue weighted by molar-refractivity contribution is 5.40. The van der Waals surface area contributed by atoms with Gasteiger partial charge in [-0.15, -0.1) is 0 Å². The number of benzene rings is 1. The van der Waals surface area contributed by atoms with Crippen molar-refractivity contribution in [3.63, 3.8) is 0 Å². The maximum absolute atomic E-state index is 5.51. The van der Waals surface area contributed by atoms with E-state index in [1.54, 1.807) is 14.2 Å². The molecule has 152 valence electrons. The van der Waals surface area contributed by atoms with Gasteiger partial charge in [0.1, 0.15) is 11.5 Å². The average Bonchev–Trinajstić information content (AvgIpc) is 2.63. The normalized spacial score (nSPS) is 33.8. The minimum absolute atomic E-state index is 0.483. The molecular weight excluding hydrogens is 332 g/mol. The Balaban J connectivity index is 1.86. The fourth-order valence-electron chi connectivity index (χ4n) is 6.74. The smallest absolute Gasteiger partial charge is 0.122 e. The van der Waals surface area contributed by atoms with E-state index in [-0.39, 0.29) is 0 Å². The molecule has 5 atom stereocenters. The second-order valence-corrected chi connectivity index (χ2v) is 10.3. The molecule has 0 heterocycles. The molecule has 0 aliphatic heterocycles. The first-order valence-corrected chi connectivity index (χ1v) is 10.9.